The summed E-state index contributed by atoms with van der Waals surface area (Å²) in [6, 6.07) is 35.0. The van der Waals surface area contributed by atoms with Crippen LogP contribution in [0.3, 0.4) is 0 Å². The summed E-state index contributed by atoms with van der Waals surface area (Å²) in [5.74, 6) is 1.11. The molecule has 1 aliphatic heterocycles. The number of benzene rings is 4. The standard InChI is InChI=1S/C27H17ClN4S/c28-27-30-25(18-8-2-1-3-9-18)29-26(31-27)19-14-16-20(17-15-19)32-21-10-4-6-12-23(21)33-24-13-7-5-11-22(24)32/h1-17H. The van der Waals surface area contributed by atoms with Crippen molar-refractivity contribution in [2.45, 2.75) is 9.79 Å². The molecule has 0 aliphatic carbocycles. The molecular formula is C27H17ClN4S. The zero-order chi connectivity index (χ0) is 22.2. The van der Waals surface area contributed by atoms with Gasteiger partial charge in [-0.25, -0.2) is 4.98 Å². The molecule has 4 nitrogen and oxygen atoms in total. The predicted molar refractivity (Wildman–Crippen MR) is 135 cm³/mol. The van der Waals surface area contributed by atoms with Crippen molar-refractivity contribution in [2.24, 2.45) is 0 Å². The highest BCUT2D eigenvalue weighted by Gasteiger charge is 2.24. The van der Waals surface area contributed by atoms with Crippen LogP contribution >= 0.6 is 23.4 Å². The van der Waals surface area contributed by atoms with E-state index >= 15 is 0 Å². The Morgan fingerprint density at radius 3 is 1.67 bits per heavy atom. The number of halogens is 1. The third-order valence-electron chi connectivity index (χ3n) is 5.46. The third kappa shape index (κ3) is 3.75. The topological polar surface area (TPSA) is 41.9 Å². The van der Waals surface area contributed by atoms with Gasteiger partial charge in [-0.05, 0) is 60.1 Å². The predicted octanol–water partition coefficient (Wildman–Crippen LogP) is 7.79. The number of hydrogen-bond acceptors (Lipinski definition) is 5. The van der Waals surface area contributed by atoms with Crippen LogP contribution in [-0.4, -0.2) is 15.0 Å². The zero-order valence-corrected chi connectivity index (χ0v) is 19.0. The largest absolute Gasteiger partial charge is 0.308 e. The molecule has 0 atom stereocenters. The van der Waals surface area contributed by atoms with Crippen LogP contribution < -0.4 is 4.90 Å². The van der Waals surface area contributed by atoms with Gasteiger partial charge >= 0.3 is 0 Å². The Morgan fingerprint density at radius 2 is 1.06 bits per heavy atom. The highest BCUT2D eigenvalue weighted by atomic mass is 35.5. The maximum Gasteiger partial charge on any atom is 0.226 e. The minimum absolute atomic E-state index is 0.179. The van der Waals surface area contributed by atoms with Crippen LogP contribution in [0.25, 0.3) is 22.8 Å². The fourth-order valence-corrected chi connectivity index (χ4v) is 5.16. The van der Waals surface area contributed by atoms with E-state index in [1.165, 1.54) is 21.2 Å². The fourth-order valence-electron chi connectivity index (χ4n) is 3.94. The van der Waals surface area contributed by atoms with Gasteiger partial charge in [0.1, 0.15) is 0 Å². The second kappa shape index (κ2) is 8.35. The van der Waals surface area contributed by atoms with E-state index in [1.807, 2.05) is 42.5 Å². The van der Waals surface area contributed by atoms with Gasteiger partial charge in [0.05, 0.1) is 11.4 Å². The molecular weight excluding hydrogens is 448 g/mol. The van der Waals surface area contributed by atoms with E-state index in [-0.39, 0.29) is 5.28 Å². The van der Waals surface area contributed by atoms with E-state index in [0.29, 0.717) is 11.6 Å². The van der Waals surface area contributed by atoms with E-state index in [4.69, 9.17) is 11.6 Å². The molecule has 158 valence electrons. The van der Waals surface area contributed by atoms with E-state index in [2.05, 4.69) is 80.5 Å². The Hall–Kier alpha value is -3.67. The molecule has 6 heteroatoms. The quantitative estimate of drug-likeness (QED) is 0.267. The highest BCUT2D eigenvalue weighted by molar-refractivity contribution is 7.99. The summed E-state index contributed by atoms with van der Waals surface area (Å²) >= 11 is 8.04. The van der Waals surface area contributed by atoms with Gasteiger partial charge in [-0.15, -0.1) is 0 Å². The van der Waals surface area contributed by atoms with Crippen molar-refractivity contribution in [2.75, 3.05) is 4.90 Å². The molecule has 0 saturated carbocycles. The summed E-state index contributed by atoms with van der Waals surface area (Å²) in [7, 11) is 0. The lowest BCUT2D eigenvalue weighted by Crippen LogP contribution is -2.14. The molecule has 1 aliphatic rings. The first-order valence-corrected chi connectivity index (χ1v) is 11.7. The average molecular weight is 465 g/mol. The first kappa shape index (κ1) is 20.0. The molecule has 2 heterocycles. The van der Waals surface area contributed by atoms with Crippen LogP contribution in [-0.2, 0) is 0 Å². The molecule has 6 rings (SSSR count). The van der Waals surface area contributed by atoms with Crippen LogP contribution in [0.5, 0.6) is 0 Å². The Bertz CT molecular complexity index is 1410. The molecule has 0 bridgehead atoms. The van der Waals surface area contributed by atoms with E-state index in [1.54, 1.807) is 11.8 Å². The molecule has 0 amide bonds. The highest BCUT2D eigenvalue weighted by Crippen LogP contribution is 2.51. The fraction of sp³-hybridized carbons (Fsp3) is 0. The van der Waals surface area contributed by atoms with Crippen molar-refractivity contribution < 1.29 is 0 Å². The smallest absolute Gasteiger partial charge is 0.226 e. The molecule has 0 N–H and O–H groups in total. The molecule has 33 heavy (non-hydrogen) atoms. The minimum Gasteiger partial charge on any atom is -0.308 e. The Balaban J connectivity index is 1.41. The molecule has 0 unspecified atom stereocenters. The molecule has 0 spiro atoms. The van der Waals surface area contributed by atoms with Crippen molar-refractivity contribution in [1.29, 1.82) is 0 Å². The lowest BCUT2D eigenvalue weighted by atomic mass is 10.1. The zero-order valence-electron chi connectivity index (χ0n) is 17.4. The Kier molecular flexibility index (Phi) is 5.06. The first-order valence-electron chi connectivity index (χ1n) is 10.5. The maximum atomic E-state index is 6.24. The Morgan fingerprint density at radius 1 is 0.545 bits per heavy atom. The molecule has 0 fully saturated rings. The summed E-state index contributed by atoms with van der Waals surface area (Å²) in [6.45, 7) is 0. The van der Waals surface area contributed by atoms with Crippen molar-refractivity contribution in [3.63, 3.8) is 0 Å². The number of aromatic nitrogens is 3. The van der Waals surface area contributed by atoms with Crippen molar-refractivity contribution in [3.8, 4) is 22.8 Å². The summed E-state index contributed by atoms with van der Waals surface area (Å²) in [4.78, 5) is 18.1. The summed E-state index contributed by atoms with van der Waals surface area (Å²) in [6.07, 6.45) is 0. The van der Waals surface area contributed by atoms with Crippen LogP contribution in [0, 0.1) is 0 Å². The number of para-hydroxylation sites is 2. The number of rotatable bonds is 3. The molecule has 4 aromatic carbocycles. The van der Waals surface area contributed by atoms with Gasteiger partial charge in [-0.2, -0.15) is 9.97 Å². The number of hydrogen-bond donors (Lipinski definition) is 0. The van der Waals surface area contributed by atoms with Gasteiger partial charge in [0.15, 0.2) is 11.6 Å². The first-order chi connectivity index (χ1) is 16.3. The van der Waals surface area contributed by atoms with E-state index in [0.717, 1.165) is 16.8 Å². The monoisotopic (exact) mass is 464 g/mol. The number of anilines is 3. The lowest BCUT2D eigenvalue weighted by Gasteiger charge is -2.32. The number of fused-ring (bicyclic) bond motifs is 2. The Labute approximate surface area is 200 Å². The normalized spacial score (nSPS) is 12.2. The van der Waals surface area contributed by atoms with Gasteiger partial charge in [0, 0.05) is 26.6 Å². The van der Waals surface area contributed by atoms with Crippen molar-refractivity contribution in [3.05, 3.63) is 108 Å². The van der Waals surface area contributed by atoms with Crippen LogP contribution in [0.1, 0.15) is 0 Å². The average Bonchev–Trinajstić information content (AvgIpc) is 2.87. The van der Waals surface area contributed by atoms with Crippen LogP contribution in [0.15, 0.2) is 113 Å². The van der Waals surface area contributed by atoms with Gasteiger partial charge in [-0.1, -0.05) is 66.4 Å². The van der Waals surface area contributed by atoms with Crippen molar-refractivity contribution in [1.82, 2.24) is 15.0 Å². The van der Waals surface area contributed by atoms with Gasteiger partial charge in [0.2, 0.25) is 5.28 Å². The third-order valence-corrected chi connectivity index (χ3v) is 6.76. The summed E-state index contributed by atoms with van der Waals surface area (Å²) in [5, 5.41) is 0.179. The minimum atomic E-state index is 0.179. The molecule has 0 radical (unpaired) electrons. The van der Waals surface area contributed by atoms with Gasteiger partial charge in [-0.3, -0.25) is 0 Å². The second-order valence-electron chi connectivity index (χ2n) is 7.54. The van der Waals surface area contributed by atoms with E-state index in [9.17, 15) is 0 Å². The summed E-state index contributed by atoms with van der Waals surface area (Å²) in [5.41, 5.74) is 5.20. The van der Waals surface area contributed by atoms with Gasteiger partial charge in [0.25, 0.3) is 0 Å². The van der Waals surface area contributed by atoms with Gasteiger partial charge < -0.3 is 4.90 Å². The van der Waals surface area contributed by atoms with Crippen molar-refractivity contribution >= 4 is 40.4 Å². The SMILES string of the molecule is Clc1nc(-c2ccccc2)nc(-c2ccc(N3c4ccccc4Sc4ccccc43)cc2)n1. The summed E-state index contributed by atoms with van der Waals surface area (Å²) < 4.78 is 0. The number of nitrogens with zero attached hydrogens (tertiary/aromatic N) is 4. The van der Waals surface area contributed by atoms with Crippen LogP contribution in [0.4, 0.5) is 17.1 Å². The second-order valence-corrected chi connectivity index (χ2v) is 8.96. The molecule has 0 saturated heterocycles. The maximum absolute atomic E-state index is 6.24. The van der Waals surface area contributed by atoms with E-state index < -0.39 is 0 Å². The molecule has 1 aromatic heterocycles. The van der Waals surface area contributed by atoms with Crippen LogP contribution in [0.2, 0.25) is 5.28 Å². The lowest BCUT2D eigenvalue weighted by molar-refractivity contribution is 1.07. The molecule has 5 aromatic rings.